The minimum absolute atomic E-state index is 0.117. The van der Waals surface area contributed by atoms with Crippen LogP contribution in [0, 0.1) is 5.92 Å². The highest BCUT2D eigenvalue weighted by Crippen LogP contribution is 2.26. The van der Waals surface area contributed by atoms with Crippen molar-refractivity contribution in [2.45, 2.75) is 24.7 Å². The van der Waals surface area contributed by atoms with Crippen molar-refractivity contribution in [3.05, 3.63) is 59.1 Å². The SMILES string of the molecule is CCOC(=O)C1CCN(C(=O)CN(c2ccc(Br)cc2)S(=O)(=O)c2ccccc2)CC1. The van der Waals surface area contributed by atoms with Crippen LogP contribution in [0.2, 0.25) is 0 Å². The molecule has 31 heavy (non-hydrogen) atoms. The van der Waals surface area contributed by atoms with Crippen molar-refractivity contribution in [2.75, 3.05) is 30.5 Å². The third-order valence-electron chi connectivity index (χ3n) is 5.19. The van der Waals surface area contributed by atoms with Crippen LogP contribution in [0.5, 0.6) is 0 Å². The van der Waals surface area contributed by atoms with Crippen LogP contribution in [-0.4, -0.2) is 51.4 Å². The molecule has 1 heterocycles. The van der Waals surface area contributed by atoms with Gasteiger partial charge < -0.3 is 9.64 Å². The normalized spacial score (nSPS) is 14.8. The maximum absolute atomic E-state index is 13.3. The van der Waals surface area contributed by atoms with Crippen molar-refractivity contribution in [1.82, 2.24) is 4.90 Å². The predicted molar refractivity (Wildman–Crippen MR) is 121 cm³/mol. The molecule has 166 valence electrons. The first-order valence-electron chi connectivity index (χ1n) is 10.1. The van der Waals surface area contributed by atoms with Crippen LogP contribution in [0.1, 0.15) is 19.8 Å². The number of rotatable bonds is 7. The van der Waals surface area contributed by atoms with Crippen LogP contribution >= 0.6 is 15.9 Å². The van der Waals surface area contributed by atoms with Crippen molar-refractivity contribution in [3.8, 4) is 0 Å². The highest BCUT2D eigenvalue weighted by Gasteiger charge is 2.32. The number of nitrogens with zero attached hydrogens (tertiary/aromatic N) is 2. The Morgan fingerprint density at radius 3 is 2.26 bits per heavy atom. The number of ether oxygens (including phenoxy) is 1. The number of piperidine rings is 1. The fourth-order valence-corrected chi connectivity index (χ4v) is 5.19. The number of esters is 1. The van der Waals surface area contributed by atoms with Gasteiger partial charge in [-0.3, -0.25) is 13.9 Å². The first kappa shape index (κ1) is 23.3. The van der Waals surface area contributed by atoms with Gasteiger partial charge in [0.05, 0.1) is 23.1 Å². The summed E-state index contributed by atoms with van der Waals surface area (Å²) in [5.74, 6) is -0.762. The van der Waals surface area contributed by atoms with E-state index in [0.29, 0.717) is 38.2 Å². The molecule has 0 unspecified atom stereocenters. The molecule has 7 nitrogen and oxygen atoms in total. The number of likely N-dealkylation sites (tertiary alicyclic amines) is 1. The lowest BCUT2D eigenvalue weighted by atomic mass is 9.97. The highest BCUT2D eigenvalue weighted by atomic mass is 79.9. The van der Waals surface area contributed by atoms with Gasteiger partial charge in [-0.15, -0.1) is 0 Å². The highest BCUT2D eigenvalue weighted by molar-refractivity contribution is 9.10. The molecule has 3 rings (SSSR count). The van der Waals surface area contributed by atoms with Crippen LogP contribution in [0.3, 0.4) is 0 Å². The van der Waals surface area contributed by atoms with E-state index in [9.17, 15) is 18.0 Å². The number of anilines is 1. The molecule has 0 bridgehead atoms. The van der Waals surface area contributed by atoms with E-state index in [-0.39, 0.29) is 29.2 Å². The summed E-state index contributed by atoms with van der Waals surface area (Å²) in [6, 6.07) is 14.8. The second kappa shape index (κ2) is 10.3. The van der Waals surface area contributed by atoms with Crippen molar-refractivity contribution >= 4 is 43.5 Å². The lowest BCUT2D eigenvalue weighted by Crippen LogP contribution is -2.46. The number of benzene rings is 2. The predicted octanol–water partition coefficient (Wildman–Crippen LogP) is 3.45. The van der Waals surface area contributed by atoms with Gasteiger partial charge in [-0.05, 0) is 56.2 Å². The summed E-state index contributed by atoms with van der Waals surface area (Å²) in [5, 5.41) is 0. The van der Waals surface area contributed by atoms with E-state index in [0.717, 1.165) is 8.78 Å². The largest absolute Gasteiger partial charge is 0.466 e. The summed E-state index contributed by atoms with van der Waals surface area (Å²) < 4.78 is 33.7. The lowest BCUT2D eigenvalue weighted by Gasteiger charge is -2.33. The second-order valence-electron chi connectivity index (χ2n) is 7.21. The first-order chi connectivity index (χ1) is 14.8. The van der Waals surface area contributed by atoms with Crippen LogP contribution in [-0.2, 0) is 24.3 Å². The van der Waals surface area contributed by atoms with E-state index < -0.39 is 10.0 Å². The Kier molecular flexibility index (Phi) is 7.72. The Morgan fingerprint density at radius 2 is 1.68 bits per heavy atom. The number of sulfonamides is 1. The average molecular weight is 509 g/mol. The molecule has 0 radical (unpaired) electrons. The topological polar surface area (TPSA) is 84.0 Å². The molecule has 1 amide bonds. The number of halogens is 1. The molecule has 0 aliphatic carbocycles. The fourth-order valence-electron chi connectivity index (χ4n) is 3.49. The van der Waals surface area contributed by atoms with Gasteiger partial charge in [0.25, 0.3) is 10.0 Å². The molecular weight excluding hydrogens is 484 g/mol. The van der Waals surface area contributed by atoms with Crippen LogP contribution in [0.25, 0.3) is 0 Å². The second-order valence-corrected chi connectivity index (χ2v) is 9.99. The standard InChI is InChI=1S/C22H25BrN2O5S/c1-2-30-22(27)17-12-14-24(15-13-17)21(26)16-25(19-10-8-18(23)9-11-19)31(28,29)20-6-4-3-5-7-20/h3-11,17H,2,12-16H2,1H3. The van der Waals surface area contributed by atoms with E-state index in [4.69, 9.17) is 4.74 Å². The Hall–Kier alpha value is -2.39. The number of amides is 1. The molecule has 9 heteroatoms. The summed E-state index contributed by atoms with van der Waals surface area (Å²) in [5.41, 5.74) is 0.404. The van der Waals surface area contributed by atoms with Gasteiger partial charge in [-0.2, -0.15) is 0 Å². The number of hydrogen-bond acceptors (Lipinski definition) is 5. The molecule has 0 aromatic heterocycles. The van der Waals surface area contributed by atoms with Crippen LogP contribution in [0.15, 0.2) is 64.0 Å². The molecule has 1 aliphatic rings. The van der Waals surface area contributed by atoms with Crippen molar-refractivity contribution in [3.63, 3.8) is 0 Å². The van der Waals surface area contributed by atoms with Crippen LogP contribution in [0.4, 0.5) is 5.69 Å². The molecule has 1 saturated heterocycles. The molecule has 0 atom stereocenters. The first-order valence-corrected chi connectivity index (χ1v) is 12.3. The van der Waals surface area contributed by atoms with Crippen molar-refractivity contribution in [1.29, 1.82) is 0 Å². The molecule has 1 aliphatic heterocycles. The average Bonchev–Trinajstić information content (AvgIpc) is 2.79. The molecule has 2 aromatic rings. The van der Waals surface area contributed by atoms with E-state index in [1.807, 2.05) is 0 Å². The van der Waals surface area contributed by atoms with E-state index in [1.165, 1.54) is 12.1 Å². The summed E-state index contributed by atoms with van der Waals surface area (Å²) in [6.45, 7) is 2.56. The Balaban J connectivity index is 1.79. The van der Waals surface area contributed by atoms with E-state index in [2.05, 4.69) is 15.9 Å². The Labute approximate surface area is 191 Å². The van der Waals surface area contributed by atoms with Gasteiger partial charge in [0, 0.05) is 17.6 Å². The maximum atomic E-state index is 13.3. The monoisotopic (exact) mass is 508 g/mol. The third-order valence-corrected chi connectivity index (χ3v) is 7.51. The number of hydrogen-bond donors (Lipinski definition) is 0. The van der Waals surface area contributed by atoms with Gasteiger partial charge in [0.2, 0.25) is 5.91 Å². The molecule has 2 aromatic carbocycles. The smallest absolute Gasteiger partial charge is 0.309 e. The lowest BCUT2D eigenvalue weighted by molar-refractivity contribution is -0.151. The summed E-state index contributed by atoms with van der Waals surface area (Å²) in [7, 11) is -3.94. The quantitative estimate of drug-likeness (QED) is 0.534. The van der Waals surface area contributed by atoms with Crippen LogP contribution < -0.4 is 4.31 Å². The Morgan fingerprint density at radius 1 is 1.06 bits per heavy atom. The zero-order valence-corrected chi connectivity index (χ0v) is 19.6. The molecule has 0 spiro atoms. The van der Waals surface area contributed by atoms with Crippen molar-refractivity contribution in [2.24, 2.45) is 5.92 Å². The zero-order valence-electron chi connectivity index (χ0n) is 17.2. The minimum atomic E-state index is -3.94. The van der Waals surface area contributed by atoms with Gasteiger partial charge in [0.15, 0.2) is 0 Å². The number of carbonyl (C=O) groups is 2. The Bertz CT molecular complexity index is 1000. The van der Waals surface area contributed by atoms with Gasteiger partial charge >= 0.3 is 5.97 Å². The van der Waals surface area contributed by atoms with Gasteiger partial charge in [-0.1, -0.05) is 34.1 Å². The minimum Gasteiger partial charge on any atom is -0.466 e. The van der Waals surface area contributed by atoms with E-state index in [1.54, 1.807) is 54.3 Å². The molecular formula is C22H25BrN2O5S. The molecule has 0 saturated carbocycles. The third kappa shape index (κ3) is 5.65. The molecule has 1 fully saturated rings. The summed E-state index contributed by atoms with van der Waals surface area (Å²) in [6.07, 6.45) is 1.02. The zero-order chi connectivity index (χ0) is 22.4. The molecule has 0 N–H and O–H groups in total. The van der Waals surface area contributed by atoms with Gasteiger partial charge in [0.1, 0.15) is 6.54 Å². The summed E-state index contributed by atoms with van der Waals surface area (Å²) in [4.78, 5) is 26.7. The maximum Gasteiger partial charge on any atom is 0.309 e. The summed E-state index contributed by atoms with van der Waals surface area (Å²) >= 11 is 3.35. The van der Waals surface area contributed by atoms with Crippen molar-refractivity contribution < 1.29 is 22.7 Å². The van der Waals surface area contributed by atoms with E-state index >= 15 is 0 Å². The van der Waals surface area contributed by atoms with Gasteiger partial charge in [-0.25, -0.2) is 8.42 Å². The fraction of sp³-hybridized carbons (Fsp3) is 0.364. The number of carbonyl (C=O) groups excluding carboxylic acids is 2.